The summed E-state index contributed by atoms with van der Waals surface area (Å²) in [6, 6.07) is 0.0888. The van der Waals surface area contributed by atoms with Crippen LogP contribution in [0, 0.1) is 0 Å². The van der Waals surface area contributed by atoms with E-state index >= 15 is 0 Å². The van der Waals surface area contributed by atoms with Crippen molar-refractivity contribution in [2.45, 2.75) is 51.6 Å². The van der Waals surface area contributed by atoms with E-state index in [0.717, 1.165) is 6.42 Å². The molecular weight excluding hydrogens is 220 g/mol. The molecule has 1 fully saturated rings. The van der Waals surface area contributed by atoms with E-state index in [1.54, 1.807) is 4.90 Å². The SMILES string of the molecule is CCC1(C(=O)O)CCCN1CC(=O)NC(C)C. The van der Waals surface area contributed by atoms with Crippen molar-refractivity contribution in [3.05, 3.63) is 0 Å². The van der Waals surface area contributed by atoms with Gasteiger partial charge in [0.25, 0.3) is 0 Å². The second kappa shape index (κ2) is 5.49. The quantitative estimate of drug-likeness (QED) is 0.749. The number of aliphatic carboxylic acids is 1. The van der Waals surface area contributed by atoms with Gasteiger partial charge < -0.3 is 10.4 Å². The Labute approximate surface area is 102 Å². The average Bonchev–Trinajstić information content (AvgIpc) is 2.60. The van der Waals surface area contributed by atoms with Crippen LogP contribution in [0.3, 0.4) is 0 Å². The summed E-state index contributed by atoms with van der Waals surface area (Å²) in [6.45, 7) is 6.52. The van der Waals surface area contributed by atoms with Crippen LogP contribution < -0.4 is 5.32 Å². The molecule has 17 heavy (non-hydrogen) atoms. The summed E-state index contributed by atoms with van der Waals surface area (Å²) in [4.78, 5) is 24.9. The molecule has 1 amide bonds. The summed E-state index contributed by atoms with van der Waals surface area (Å²) in [7, 11) is 0. The van der Waals surface area contributed by atoms with Crippen LogP contribution in [0.4, 0.5) is 0 Å². The number of likely N-dealkylation sites (tertiary alicyclic amines) is 1. The smallest absolute Gasteiger partial charge is 0.324 e. The Morgan fingerprint density at radius 3 is 2.59 bits per heavy atom. The largest absolute Gasteiger partial charge is 0.480 e. The van der Waals surface area contributed by atoms with E-state index in [0.29, 0.717) is 19.4 Å². The summed E-state index contributed by atoms with van der Waals surface area (Å²) in [6.07, 6.45) is 2.01. The zero-order valence-corrected chi connectivity index (χ0v) is 10.8. The van der Waals surface area contributed by atoms with Crippen LogP contribution in [0.25, 0.3) is 0 Å². The van der Waals surface area contributed by atoms with Crippen molar-refractivity contribution in [1.29, 1.82) is 0 Å². The van der Waals surface area contributed by atoms with Crippen LogP contribution in [0.15, 0.2) is 0 Å². The third-order valence-electron chi connectivity index (χ3n) is 3.39. The number of hydrogen-bond donors (Lipinski definition) is 2. The van der Waals surface area contributed by atoms with E-state index in [4.69, 9.17) is 0 Å². The molecule has 0 bridgehead atoms. The van der Waals surface area contributed by atoms with Crippen molar-refractivity contribution in [2.24, 2.45) is 0 Å². The third kappa shape index (κ3) is 2.97. The molecule has 98 valence electrons. The van der Waals surface area contributed by atoms with Gasteiger partial charge in [-0.1, -0.05) is 6.92 Å². The number of carbonyl (C=O) groups excluding carboxylic acids is 1. The Morgan fingerprint density at radius 1 is 1.47 bits per heavy atom. The maximum Gasteiger partial charge on any atom is 0.324 e. The van der Waals surface area contributed by atoms with Gasteiger partial charge >= 0.3 is 5.97 Å². The molecule has 1 aliphatic heterocycles. The molecule has 0 aromatic rings. The molecule has 0 spiro atoms. The Kier molecular flexibility index (Phi) is 4.51. The number of amides is 1. The topological polar surface area (TPSA) is 69.6 Å². The van der Waals surface area contributed by atoms with Crippen molar-refractivity contribution < 1.29 is 14.7 Å². The second-order valence-electron chi connectivity index (χ2n) is 4.94. The summed E-state index contributed by atoms with van der Waals surface area (Å²) < 4.78 is 0. The molecule has 1 aliphatic rings. The van der Waals surface area contributed by atoms with Crippen LogP contribution in [-0.4, -0.2) is 46.6 Å². The van der Waals surface area contributed by atoms with Gasteiger partial charge in [0.15, 0.2) is 0 Å². The minimum atomic E-state index is -0.839. The van der Waals surface area contributed by atoms with Crippen molar-refractivity contribution in [3.8, 4) is 0 Å². The van der Waals surface area contributed by atoms with Crippen LogP contribution in [-0.2, 0) is 9.59 Å². The molecule has 1 rings (SSSR count). The first-order valence-electron chi connectivity index (χ1n) is 6.20. The lowest BCUT2D eigenvalue weighted by molar-refractivity contribution is -0.150. The zero-order valence-electron chi connectivity index (χ0n) is 10.8. The molecule has 0 aromatic carbocycles. The van der Waals surface area contributed by atoms with Gasteiger partial charge in [0.2, 0.25) is 5.91 Å². The lowest BCUT2D eigenvalue weighted by Crippen LogP contribution is -2.53. The molecule has 0 aromatic heterocycles. The van der Waals surface area contributed by atoms with Gasteiger partial charge in [-0.15, -0.1) is 0 Å². The number of carboxylic acid groups (broad SMARTS) is 1. The molecule has 5 nitrogen and oxygen atoms in total. The molecule has 0 aliphatic carbocycles. The van der Waals surface area contributed by atoms with Crippen molar-refractivity contribution in [2.75, 3.05) is 13.1 Å². The molecule has 0 saturated carbocycles. The Hall–Kier alpha value is -1.10. The molecule has 1 atom stereocenters. The number of hydrogen-bond acceptors (Lipinski definition) is 3. The number of rotatable bonds is 5. The van der Waals surface area contributed by atoms with Crippen LogP contribution >= 0.6 is 0 Å². The van der Waals surface area contributed by atoms with Crippen LogP contribution in [0.2, 0.25) is 0 Å². The molecule has 1 saturated heterocycles. The summed E-state index contributed by atoms with van der Waals surface area (Å²) in [5.74, 6) is -0.907. The predicted molar refractivity (Wildman–Crippen MR) is 64.7 cm³/mol. The number of nitrogens with one attached hydrogen (secondary N) is 1. The Morgan fingerprint density at radius 2 is 2.12 bits per heavy atom. The lowest BCUT2D eigenvalue weighted by Gasteiger charge is -2.33. The minimum Gasteiger partial charge on any atom is -0.480 e. The first-order chi connectivity index (χ1) is 7.92. The monoisotopic (exact) mass is 242 g/mol. The highest BCUT2D eigenvalue weighted by molar-refractivity contribution is 5.82. The van der Waals surface area contributed by atoms with E-state index in [2.05, 4.69) is 5.32 Å². The highest BCUT2D eigenvalue weighted by atomic mass is 16.4. The van der Waals surface area contributed by atoms with Gasteiger partial charge in [-0.25, -0.2) is 0 Å². The number of carboxylic acids is 1. The minimum absolute atomic E-state index is 0.0888. The van der Waals surface area contributed by atoms with E-state index in [-0.39, 0.29) is 18.5 Å². The lowest BCUT2D eigenvalue weighted by atomic mass is 9.93. The number of carbonyl (C=O) groups is 2. The fraction of sp³-hybridized carbons (Fsp3) is 0.833. The van der Waals surface area contributed by atoms with Crippen molar-refractivity contribution in [3.63, 3.8) is 0 Å². The zero-order chi connectivity index (χ0) is 13.1. The van der Waals surface area contributed by atoms with Crippen LogP contribution in [0.1, 0.15) is 40.0 Å². The van der Waals surface area contributed by atoms with Gasteiger partial charge in [0, 0.05) is 6.04 Å². The van der Waals surface area contributed by atoms with E-state index in [9.17, 15) is 14.7 Å². The molecule has 5 heteroatoms. The standard InChI is InChI=1S/C12H22N2O3/c1-4-12(11(16)17)6-5-7-14(12)8-10(15)13-9(2)3/h9H,4-8H2,1-3H3,(H,13,15)(H,16,17). The fourth-order valence-corrected chi connectivity index (χ4v) is 2.50. The molecular formula is C12H22N2O3. The third-order valence-corrected chi connectivity index (χ3v) is 3.39. The fourth-order valence-electron chi connectivity index (χ4n) is 2.50. The van der Waals surface area contributed by atoms with Gasteiger partial charge in [-0.2, -0.15) is 0 Å². The maximum absolute atomic E-state index is 11.7. The van der Waals surface area contributed by atoms with E-state index < -0.39 is 11.5 Å². The Balaban J connectivity index is 2.69. The highest BCUT2D eigenvalue weighted by Gasteiger charge is 2.46. The first-order valence-corrected chi connectivity index (χ1v) is 6.20. The summed E-state index contributed by atoms with van der Waals surface area (Å²) in [5.41, 5.74) is -0.839. The number of nitrogens with zero attached hydrogens (tertiary/aromatic N) is 1. The first kappa shape index (κ1) is 14.0. The average molecular weight is 242 g/mol. The van der Waals surface area contributed by atoms with Crippen molar-refractivity contribution in [1.82, 2.24) is 10.2 Å². The van der Waals surface area contributed by atoms with Gasteiger partial charge in [-0.05, 0) is 39.7 Å². The maximum atomic E-state index is 11.7. The summed E-state index contributed by atoms with van der Waals surface area (Å²) in [5, 5.41) is 12.2. The summed E-state index contributed by atoms with van der Waals surface area (Å²) >= 11 is 0. The molecule has 1 unspecified atom stereocenters. The van der Waals surface area contributed by atoms with Gasteiger partial charge in [0.05, 0.1) is 6.54 Å². The molecule has 0 radical (unpaired) electrons. The van der Waals surface area contributed by atoms with Crippen LogP contribution in [0.5, 0.6) is 0 Å². The van der Waals surface area contributed by atoms with Crippen molar-refractivity contribution >= 4 is 11.9 Å². The van der Waals surface area contributed by atoms with E-state index in [1.807, 2.05) is 20.8 Å². The van der Waals surface area contributed by atoms with Gasteiger partial charge in [0.1, 0.15) is 5.54 Å². The molecule has 1 heterocycles. The Bertz CT molecular complexity index is 304. The molecule has 2 N–H and O–H groups in total. The van der Waals surface area contributed by atoms with Gasteiger partial charge in [-0.3, -0.25) is 14.5 Å². The predicted octanol–water partition coefficient (Wildman–Crippen LogP) is 0.840. The normalized spacial score (nSPS) is 25.2. The highest BCUT2D eigenvalue weighted by Crippen LogP contribution is 2.32. The van der Waals surface area contributed by atoms with E-state index in [1.165, 1.54) is 0 Å². The second-order valence-corrected chi connectivity index (χ2v) is 4.94.